The summed E-state index contributed by atoms with van der Waals surface area (Å²) in [6, 6.07) is 8.31. The minimum atomic E-state index is -4.79. The van der Waals surface area contributed by atoms with Crippen LogP contribution in [0.4, 0.5) is 26.3 Å². The zero-order valence-electron chi connectivity index (χ0n) is 20.2. The van der Waals surface area contributed by atoms with Gasteiger partial charge in [0.2, 0.25) is 0 Å². The number of esters is 1. The molecule has 0 N–H and O–H groups in total. The van der Waals surface area contributed by atoms with Crippen LogP contribution in [0.15, 0.2) is 64.3 Å². The van der Waals surface area contributed by atoms with Crippen molar-refractivity contribution in [3.05, 3.63) is 71.1 Å². The van der Waals surface area contributed by atoms with Gasteiger partial charge < -0.3 is 18.6 Å². The van der Waals surface area contributed by atoms with E-state index in [0.717, 1.165) is 18.2 Å². The van der Waals surface area contributed by atoms with Crippen LogP contribution in [0.5, 0.6) is 11.5 Å². The van der Waals surface area contributed by atoms with Crippen LogP contribution in [0.1, 0.15) is 18.9 Å². The zero-order chi connectivity index (χ0) is 28.3. The van der Waals surface area contributed by atoms with E-state index in [0.29, 0.717) is 0 Å². The van der Waals surface area contributed by atoms with Crippen molar-refractivity contribution in [3.8, 4) is 22.6 Å². The molecule has 0 radical (unpaired) electrons. The number of halogens is 6. The number of hydrogen-bond donors (Lipinski definition) is 0. The van der Waals surface area contributed by atoms with Gasteiger partial charge in [-0.1, -0.05) is 13.5 Å². The predicted octanol–water partition coefficient (Wildman–Crippen LogP) is 6.55. The second-order valence-corrected chi connectivity index (χ2v) is 8.76. The molecule has 3 rings (SSSR count). The SMILES string of the molecule is C=CC(=O)OCC(C)(COc1ccc2cc(-c3ccc(OC)cc3C(F)(F)F)c(=O)oc2c1)CC(F)(F)F. The Morgan fingerprint density at radius 2 is 1.66 bits per heavy atom. The third-order valence-corrected chi connectivity index (χ3v) is 5.47. The number of hydrogen-bond acceptors (Lipinski definition) is 6. The molecule has 0 bridgehead atoms. The molecule has 204 valence electrons. The summed E-state index contributed by atoms with van der Waals surface area (Å²) >= 11 is 0. The lowest BCUT2D eigenvalue weighted by atomic mass is 9.88. The predicted molar refractivity (Wildman–Crippen MR) is 125 cm³/mol. The van der Waals surface area contributed by atoms with Gasteiger partial charge in [-0.25, -0.2) is 9.59 Å². The van der Waals surface area contributed by atoms with E-state index < -0.39 is 60.1 Å². The second-order valence-electron chi connectivity index (χ2n) is 8.76. The lowest BCUT2D eigenvalue weighted by molar-refractivity contribution is -0.172. The molecule has 6 nitrogen and oxygen atoms in total. The Balaban J connectivity index is 1.92. The highest BCUT2D eigenvalue weighted by Crippen LogP contribution is 2.39. The number of benzene rings is 2. The molecule has 0 spiro atoms. The molecule has 0 saturated carbocycles. The molecular formula is C26H22F6O6. The van der Waals surface area contributed by atoms with Crippen LogP contribution in [0.2, 0.25) is 0 Å². The van der Waals surface area contributed by atoms with Crippen molar-refractivity contribution in [2.24, 2.45) is 5.41 Å². The molecule has 0 aliphatic rings. The van der Waals surface area contributed by atoms with Crippen molar-refractivity contribution >= 4 is 16.9 Å². The topological polar surface area (TPSA) is 75.0 Å². The summed E-state index contributed by atoms with van der Waals surface area (Å²) in [6.45, 7) is 3.28. The van der Waals surface area contributed by atoms with Crippen LogP contribution in [0, 0.1) is 5.41 Å². The number of carbonyl (C=O) groups is 1. The minimum Gasteiger partial charge on any atom is -0.497 e. The average Bonchev–Trinajstić information content (AvgIpc) is 2.83. The van der Waals surface area contributed by atoms with E-state index in [1.54, 1.807) is 0 Å². The summed E-state index contributed by atoms with van der Waals surface area (Å²) < 4.78 is 101. The maximum Gasteiger partial charge on any atom is 0.417 e. The molecule has 1 unspecified atom stereocenters. The largest absolute Gasteiger partial charge is 0.497 e. The first-order valence-corrected chi connectivity index (χ1v) is 11.0. The van der Waals surface area contributed by atoms with Gasteiger partial charge >= 0.3 is 23.9 Å². The van der Waals surface area contributed by atoms with E-state index >= 15 is 0 Å². The highest BCUT2D eigenvalue weighted by Gasteiger charge is 2.41. The Morgan fingerprint density at radius 3 is 2.26 bits per heavy atom. The minimum absolute atomic E-state index is 0.0253. The highest BCUT2D eigenvalue weighted by molar-refractivity contribution is 5.83. The Hall–Kier alpha value is -3.96. The van der Waals surface area contributed by atoms with Gasteiger partial charge in [0.05, 0.1) is 31.3 Å². The Morgan fingerprint density at radius 1 is 0.974 bits per heavy atom. The van der Waals surface area contributed by atoms with E-state index in [2.05, 4.69) is 6.58 Å². The summed E-state index contributed by atoms with van der Waals surface area (Å²) in [4.78, 5) is 24.0. The molecule has 1 atom stereocenters. The fourth-order valence-corrected chi connectivity index (χ4v) is 3.68. The molecular weight excluding hydrogens is 522 g/mol. The Labute approximate surface area is 212 Å². The third kappa shape index (κ3) is 7.08. The molecule has 0 amide bonds. The second kappa shape index (κ2) is 10.8. The van der Waals surface area contributed by atoms with Gasteiger partial charge in [-0.3, -0.25) is 0 Å². The van der Waals surface area contributed by atoms with Crippen molar-refractivity contribution in [1.29, 1.82) is 0 Å². The number of fused-ring (bicyclic) bond motifs is 1. The molecule has 1 heterocycles. The fraction of sp³-hybridized carbons (Fsp3) is 0.308. The van der Waals surface area contributed by atoms with Crippen molar-refractivity contribution in [2.45, 2.75) is 25.7 Å². The molecule has 1 aromatic heterocycles. The van der Waals surface area contributed by atoms with Crippen molar-refractivity contribution in [1.82, 2.24) is 0 Å². The molecule has 0 fully saturated rings. The number of rotatable bonds is 9. The zero-order valence-corrected chi connectivity index (χ0v) is 20.2. The van der Waals surface area contributed by atoms with Crippen LogP contribution >= 0.6 is 0 Å². The standard InChI is InChI=1S/C26H22F6O6/c1-4-22(33)37-14-24(2,12-25(27,28)29)13-36-17-6-5-15-9-19(23(34)38-21(15)11-17)18-8-7-16(35-3)10-20(18)26(30,31)32/h4-11H,1,12-14H2,2-3H3. The monoisotopic (exact) mass is 544 g/mol. The van der Waals surface area contributed by atoms with Crippen LogP contribution in [0.3, 0.4) is 0 Å². The van der Waals surface area contributed by atoms with Gasteiger partial charge in [-0.2, -0.15) is 26.3 Å². The normalized spacial score (nSPS) is 13.6. The fourth-order valence-electron chi connectivity index (χ4n) is 3.68. The summed E-state index contributed by atoms with van der Waals surface area (Å²) in [7, 11) is 1.21. The van der Waals surface area contributed by atoms with E-state index in [1.165, 1.54) is 44.4 Å². The highest BCUT2D eigenvalue weighted by atomic mass is 19.4. The van der Waals surface area contributed by atoms with Gasteiger partial charge in [0.1, 0.15) is 23.7 Å². The number of carbonyl (C=O) groups excluding carboxylic acids is 1. The van der Waals surface area contributed by atoms with Crippen LogP contribution in [0.25, 0.3) is 22.1 Å². The van der Waals surface area contributed by atoms with E-state index in [-0.39, 0.29) is 28.0 Å². The average molecular weight is 544 g/mol. The van der Waals surface area contributed by atoms with Gasteiger partial charge in [0.15, 0.2) is 0 Å². The number of methoxy groups -OCH3 is 1. The first-order chi connectivity index (χ1) is 17.6. The Kier molecular flexibility index (Phi) is 8.13. The summed E-state index contributed by atoms with van der Waals surface area (Å²) in [6.07, 6.45) is -9.87. The van der Waals surface area contributed by atoms with Gasteiger partial charge in [0, 0.05) is 28.5 Å². The smallest absolute Gasteiger partial charge is 0.417 e. The van der Waals surface area contributed by atoms with E-state index in [4.69, 9.17) is 18.6 Å². The Bertz CT molecular complexity index is 1390. The van der Waals surface area contributed by atoms with Crippen LogP contribution < -0.4 is 15.1 Å². The molecule has 0 aliphatic carbocycles. The summed E-state index contributed by atoms with van der Waals surface area (Å²) in [5, 5.41) is 0.244. The molecule has 0 aliphatic heterocycles. The quantitative estimate of drug-likeness (QED) is 0.132. The first-order valence-electron chi connectivity index (χ1n) is 11.0. The summed E-state index contributed by atoms with van der Waals surface area (Å²) in [5.41, 5.74) is -4.63. The van der Waals surface area contributed by atoms with Crippen molar-refractivity contribution < 1.29 is 49.8 Å². The number of ether oxygens (including phenoxy) is 3. The van der Waals surface area contributed by atoms with Gasteiger partial charge in [-0.05, 0) is 36.4 Å². The molecule has 3 aromatic rings. The lowest BCUT2D eigenvalue weighted by Gasteiger charge is -2.29. The van der Waals surface area contributed by atoms with Crippen molar-refractivity contribution in [3.63, 3.8) is 0 Å². The first kappa shape index (κ1) is 28.6. The van der Waals surface area contributed by atoms with Gasteiger partial charge in [0.25, 0.3) is 0 Å². The molecule has 38 heavy (non-hydrogen) atoms. The molecule has 2 aromatic carbocycles. The number of alkyl halides is 6. The van der Waals surface area contributed by atoms with E-state index in [9.17, 15) is 35.9 Å². The lowest BCUT2D eigenvalue weighted by Crippen LogP contribution is -2.36. The molecule has 12 heteroatoms. The maximum atomic E-state index is 13.6. The summed E-state index contributed by atoms with van der Waals surface area (Å²) in [5.74, 6) is -0.922. The third-order valence-electron chi connectivity index (χ3n) is 5.47. The maximum absolute atomic E-state index is 13.6. The van der Waals surface area contributed by atoms with Gasteiger partial charge in [-0.15, -0.1) is 0 Å². The van der Waals surface area contributed by atoms with Crippen molar-refractivity contribution in [2.75, 3.05) is 20.3 Å². The van der Waals surface area contributed by atoms with E-state index in [1.807, 2.05) is 0 Å². The van der Waals surface area contributed by atoms with Crippen LogP contribution in [-0.2, 0) is 15.7 Å². The molecule has 0 saturated heterocycles. The van der Waals surface area contributed by atoms with Crippen LogP contribution in [-0.4, -0.2) is 32.5 Å².